The number of aliphatic hydroxyl groups excluding tert-OH is 1. The molecule has 1 atom stereocenters. The molecule has 1 aromatic heterocycles. The van der Waals surface area contributed by atoms with Crippen molar-refractivity contribution in [2.24, 2.45) is 0 Å². The topological polar surface area (TPSA) is 72.0 Å². The quantitative estimate of drug-likeness (QED) is 0.739. The van der Waals surface area contributed by atoms with Gasteiger partial charge in [0.2, 0.25) is 0 Å². The van der Waals surface area contributed by atoms with Crippen LogP contribution in [0.1, 0.15) is 17.5 Å². The number of aliphatic hydroxyl groups is 1. The summed E-state index contributed by atoms with van der Waals surface area (Å²) in [6, 6.07) is 0. The highest BCUT2D eigenvalue weighted by atomic mass is 79.9. The smallest absolute Gasteiger partial charge is 0.144 e. The summed E-state index contributed by atoms with van der Waals surface area (Å²) in [7, 11) is 0. The number of rotatable bonds is 2. The Morgan fingerprint density at radius 2 is 2.42 bits per heavy atom. The summed E-state index contributed by atoms with van der Waals surface area (Å²) in [4.78, 5) is 7.96. The minimum atomic E-state index is -0.614. The lowest BCUT2D eigenvalue weighted by Crippen LogP contribution is -2.06. The van der Waals surface area contributed by atoms with E-state index in [1.807, 2.05) is 0 Å². The van der Waals surface area contributed by atoms with Crippen LogP contribution in [-0.4, -0.2) is 20.4 Å². The Labute approximate surface area is 79.0 Å². The highest BCUT2D eigenvalue weighted by Crippen LogP contribution is 2.13. The maximum atomic E-state index is 9.35. The Hall–Kier alpha value is -0.680. The summed E-state index contributed by atoms with van der Waals surface area (Å²) in [5, 5.41) is 9.80. The highest BCUT2D eigenvalue weighted by Gasteiger charge is 2.08. The summed E-state index contributed by atoms with van der Waals surface area (Å²) in [6.45, 7) is 1.76. The Kier molecular flexibility index (Phi) is 2.99. The van der Waals surface area contributed by atoms with Crippen molar-refractivity contribution < 1.29 is 5.11 Å². The zero-order valence-electron chi connectivity index (χ0n) is 6.66. The zero-order valence-corrected chi connectivity index (χ0v) is 8.24. The van der Waals surface area contributed by atoms with Crippen molar-refractivity contribution in [2.45, 2.75) is 13.0 Å². The van der Waals surface area contributed by atoms with Crippen LogP contribution in [0.3, 0.4) is 0 Å². The predicted molar refractivity (Wildman–Crippen MR) is 49.9 cm³/mol. The highest BCUT2D eigenvalue weighted by molar-refractivity contribution is 9.09. The van der Waals surface area contributed by atoms with Gasteiger partial charge in [0.1, 0.15) is 11.9 Å². The van der Waals surface area contributed by atoms with Crippen LogP contribution in [0.15, 0.2) is 6.20 Å². The lowest BCUT2D eigenvalue weighted by atomic mass is 10.3. The number of nitrogens with zero attached hydrogens (tertiary/aromatic N) is 2. The Morgan fingerprint density at radius 1 is 1.75 bits per heavy atom. The van der Waals surface area contributed by atoms with Crippen LogP contribution in [0.4, 0.5) is 5.82 Å². The molecule has 66 valence electrons. The molecule has 0 radical (unpaired) electrons. The van der Waals surface area contributed by atoms with E-state index in [9.17, 15) is 5.11 Å². The molecule has 0 aliphatic rings. The maximum absolute atomic E-state index is 9.35. The SMILES string of the molecule is Cc1nc([C@@H](O)CBr)cnc1N. The predicted octanol–water partition coefficient (Wildman–Crippen LogP) is 0.796. The van der Waals surface area contributed by atoms with Gasteiger partial charge in [-0.1, -0.05) is 15.9 Å². The molecule has 0 bridgehead atoms. The number of hydrogen-bond acceptors (Lipinski definition) is 4. The summed E-state index contributed by atoms with van der Waals surface area (Å²) in [6.07, 6.45) is 0.866. The molecule has 3 N–H and O–H groups in total. The van der Waals surface area contributed by atoms with E-state index >= 15 is 0 Å². The average Bonchev–Trinajstić information content (AvgIpc) is 2.08. The van der Waals surface area contributed by atoms with Gasteiger partial charge in [0.25, 0.3) is 0 Å². The van der Waals surface area contributed by atoms with Gasteiger partial charge in [0.05, 0.1) is 17.6 Å². The first kappa shape index (κ1) is 9.41. The maximum Gasteiger partial charge on any atom is 0.144 e. The van der Waals surface area contributed by atoms with Crippen LogP contribution in [0.5, 0.6) is 0 Å². The van der Waals surface area contributed by atoms with Crippen LogP contribution >= 0.6 is 15.9 Å². The molecule has 0 aromatic carbocycles. The molecule has 12 heavy (non-hydrogen) atoms. The number of nitrogens with two attached hydrogens (primary N) is 1. The molecular weight excluding hydrogens is 222 g/mol. The third-order valence-electron chi connectivity index (χ3n) is 1.49. The fourth-order valence-corrected chi connectivity index (χ4v) is 1.08. The number of anilines is 1. The third kappa shape index (κ3) is 1.92. The van der Waals surface area contributed by atoms with Gasteiger partial charge in [0, 0.05) is 5.33 Å². The van der Waals surface area contributed by atoms with Crippen LogP contribution in [0.25, 0.3) is 0 Å². The van der Waals surface area contributed by atoms with Crippen LogP contribution < -0.4 is 5.73 Å². The monoisotopic (exact) mass is 231 g/mol. The van der Waals surface area contributed by atoms with E-state index in [1.54, 1.807) is 6.92 Å². The van der Waals surface area contributed by atoms with Crippen molar-refractivity contribution in [1.82, 2.24) is 9.97 Å². The van der Waals surface area contributed by atoms with E-state index < -0.39 is 6.10 Å². The summed E-state index contributed by atoms with van der Waals surface area (Å²) in [5.41, 5.74) is 6.65. The van der Waals surface area contributed by atoms with E-state index in [0.717, 1.165) is 0 Å². The molecular formula is C7H10BrN3O. The summed E-state index contributed by atoms with van der Waals surface area (Å²) >= 11 is 3.15. The van der Waals surface area contributed by atoms with Gasteiger partial charge in [-0.2, -0.15) is 0 Å². The molecule has 4 nitrogen and oxygen atoms in total. The van der Waals surface area contributed by atoms with Crippen molar-refractivity contribution in [2.75, 3.05) is 11.1 Å². The molecule has 0 amide bonds. The number of aromatic nitrogens is 2. The van der Waals surface area contributed by atoms with Gasteiger partial charge < -0.3 is 10.8 Å². The molecule has 0 fully saturated rings. The fraction of sp³-hybridized carbons (Fsp3) is 0.429. The number of aryl methyl sites for hydroxylation is 1. The van der Waals surface area contributed by atoms with Gasteiger partial charge in [-0.05, 0) is 6.92 Å². The molecule has 0 aliphatic heterocycles. The Bertz CT molecular complexity index is 279. The van der Waals surface area contributed by atoms with E-state index in [0.29, 0.717) is 22.5 Å². The molecule has 0 saturated heterocycles. The second-order valence-electron chi connectivity index (χ2n) is 2.44. The van der Waals surface area contributed by atoms with Gasteiger partial charge in [0.15, 0.2) is 0 Å². The largest absolute Gasteiger partial charge is 0.386 e. The second kappa shape index (κ2) is 3.82. The average molecular weight is 232 g/mol. The lowest BCUT2D eigenvalue weighted by Gasteiger charge is -2.06. The van der Waals surface area contributed by atoms with Crippen LogP contribution in [-0.2, 0) is 0 Å². The zero-order chi connectivity index (χ0) is 9.14. The van der Waals surface area contributed by atoms with Crippen molar-refractivity contribution in [3.63, 3.8) is 0 Å². The van der Waals surface area contributed by atoms with Crippen LogP contribution in [0, 0.1) is 6.92 Å². The molecule has 5 heteroatoms. The standard InChI is InChI=1S/C7H10BrN3O/c1-4-7(9)10-3-5(11-4)6(12)2-8/h3,6,12H,2H2,1H3,(H2,9,10)/t6-/m0/s1. The van der Waals surface area contributed by atoms with Gasteiger partial charge in [-0.15, -0.1) is 0 Å². The Morgan fingerprint density at radius 3 is 2.92 bits per heavy atom. The first-order chi connectivity index (χ1) is 5.65. The van der Waals surface area contributed by atoms with Crippen LogP contribution in [0.2, 0.25) is 0 Å². The van der Waals surface area contributed by atoms with E-state index in [2.05, 4.69) is 25.9 Å². The molecule has 1 heterocycles. The van der Waals surface area contributed by atoms with E-state index in [4.69, 9.17) is 5.73 Å². The number of halogens is 1. The van der Waals surface area contributed by atoms with Crippen molar-refractivity contribution in [3.8, 4) is 0 Å². The van der Waals surface area contributed by atoms with E-state index in [-0.39, 0.29) is 0 Å². The number of alkyl halides is 1. The second-order valence-corrected chi connectivity index (χ2v) is 3.08. The lowest BCUT2D eigenvalue weighted by molar-refractivity contribution is 0.200. The van der Waals surface area contributed by atoms with E-state index in [1.165, 1.54) is 6.20 Å². The van der Waals surface area contributed by atoms with Gasteiger partial charge >= 0.3 is 0 Å². The van der Waals surface area contributed by atoms with Gasteiger partial charge in [-0.3, -0.25) is 0 Å². The molecule has 0 unspecified atom stereocenters. The minimum Gasteiger partial charge on any atom is -0.386 e. The Balaban J connectivity index is 2.96. The molecule has 1 aromatic rings. The third-order valence-corrected chi connectivity index (χ3v) is 2.10. The minimum absolute atomic E-state index is 0.403. The molecule has 1 rings (SSSR count). The molecule has 0 saturated carbocycles. The summed E-state index contributed by atoms with van der Waals surface area (Å²) in [5.74, 6) is 0.403. The van der Waals surface area contributed by atoms with Gasteiger partial charge in [-0.25, -0.2) is 9.97 Å². The van der Waals surface area contributed by atoms with Crippen molar-refractivity contribution >= 4 is 21.7 Å². The molecule has 0 spiro atoms. The first-order valence-electron chi connectivity index (χ1n) is 3.48. The normalized spacial score (nSPS) is 12.9. The summed E-state index contributed by atoms with van der Waals surface area (Å²) < 4.78 is 0. The number of hydrogen-bond donors (Lipinski definition) is 2. The fourth-order valence-electron chi connectivity index (χ4n) is 0.748. The van der Waals surface area contributed by atoms with Crippen molar-refractivity contribution in [1.29, 1.82) is 0 Å². The first-order valence-corrected chi connectivity index (χ1v) is 4.60. The molecule has 0 aliphatic carbocycles. The number of nitrogen functional groups attached to an aromatic ring is 1. The van der Waals surface area contributed by atoms with Crippen molar-refractivity contribution in [3.05, 3.63) is 17.6 Å².